The van der Waals surface area contributed by atoms with Gasteiger partial charge in [0.2, 0.25) is 0 Å². The van der Waals surface area contributed by atoms with Crippen LogP contribution in [0.2, 0.25) is 0 Å². The Morgan fingerprint density at radius 3 is 2.88 bits per heavy atom. The quantitative estimate of drug-likeness (QED) is 0.725. The number of ether oxygens (including phenoxy) is 1. The molecule has 7 heteroatoms. The minimum Gasteiger partial charge on any atom is -0.465 e. The van der Waals surface area contributed by atoms with Gasteiger partial charge in [-0.25, -0.2) is 9.78 Å². The van der Waals surface area contributed by atoms with Crippen molar-refractivity contribution >= 4 is 33.2 Å². The van der Waals surface area contributed by atoms with Gasteiger partial charge in [0.1, 0.15) is 4.88 Å². The van der Waals surface area contributed by atoms with Gasteiger partial charge in [0.25, 0.3) is 0 Å². The van der Waals surface area contributed by atoms with Crippen molar-refractivity contribution in [2.75, 3.05) is 36.6 Å². The first-order valence-corrected chi connectivity index (χ1v) is 7.15. The van der Waals surface area contributed by atoms with E-state index >= 15 is 0 Å². The molecule has 0 unspecified atom stereocenters. The Kier molecular flexibility index (Phi) is 3.55. The fraction of sp³-hybridized carbons (Fsp3) is 0.556. The Bertz CT molecular complexity index is 409. The third-order valence-electron chi connectivity index (χ3n) is 2.33. The molecule has 1 fully saturated rings. The van der Waals surface area contributed by atoms with Gasteiger partial charge >= 0.3 is 5.97 Å². The van der Waals surface area contributed by atoms with Crippen LogP contribution in [-0.2, 0) is 15.5 Å². The maximum absolute atomic E-state index is 11.2. The van der Waals surface area contributed by atoms with E-state index in [0.29, 0.717) is 16.4 Å². The van der Waals surface area contributed by atoms with Gasteiger partial charge in [-0.15, -0.1) is 0 Å². The van der Waals surface area contributed by atoms with E-state index in [0.717, 1.165) is 18.2 Å². The molecule has 1 aromatic heterocycles. The molecule has 2 rings (SSSR count). The van der Waals surface area contributed by atoms with E-state index in [2.05, 4.69) is 14.6 Å². The lowest BCUT2D eigenvalue weighted by molar-refractivity contribution is 0.0606. The zero-order chi connectivity index (χ0) is 11.5. The summed E-state index contributed by atoms with van der Waals surface area (Å²) in [5, 5.41) is 0.803. The molecule has 5 nitrogen and oxygen atoms in total. The van der Waals surface area contributed by atoms with Gasteiger partial charge in [0.15, 0.2) is 5.13 Å². The van der Waals surface area contributed by atoms with Gasteiger partial charge in [0.05, 0.1) is 13.3 Å². The Morgan fingerprint density at radius 2 is 2.25 bits per heavy atom. The highest BCUT2D eigenvalue weighted by Crippen LogP contribution is 2.23. The number of aromatic nitrogens is 1. The second kappa shape index (κ2) is 4.92. The van der Waals surface area contributed by atoms with Crippen molar-refractivity contribution in [1.29, 1.82) is 0 Å². The number of esters is 1. The SMILES string of the molecule is COC(=O)c1cnc(N2CCS(=O)CC2)s1. The second-order valence-electron chi connectivity index (χ2n) is 3.33. The molecule has 0 aliphatic carbocycles. The maximum atomic E-state index is 11.2. The van der Waals surface area contributed by atoms with E-state index in [9.17, 15) is 9.00 Å². The van der Waals surface area contributed by atoms with Gasteiger partial charge < -0.3 is 9.64 Å². The third-order valence-corrected chi connectivity index (χ3v) is 4.64. The van der Waals surface area contributed by atoms with Gasteiger partial charge in [-0.05, 0) is 0 Å². The molecule has 1 saturated heterocycles. The summed E-state index contributed by atoms with van der Waals surface area (Å²) in [5.41, 5.74) is 0. The van der Waals surface area contributed by atoms with Crippen molar-refractivity contribution in [2.24, 2.45) is 0 Å². The predicted octanol–water partition coefficient (Wildman–Crippen LogP) is 0.498. The van der Waals surface area contributed by atoms with Crippen LogP contribution < -0.4 is 4.90 Å². The Labute approximate surface area is 99.9 Å². The first kappa shape index (κ1) is 11.5. The van der Waals surface area contributed by atoms with E-state index in [4.69, 9.17) is 0 Å². The second-order valence-corrected chi connectivity index (χ2v) is 6.04. The summed E-state index contributed by atoms with van der Waals surface area (Å²) in [6.07, 6.45) is 1.53. The summed E-state index contributed by atoms with van der Waals surface area (Å²) in [6, 6.07) is 0. The molecule has 16 heavy (non-hydrogen) atoms. The highest BCUT2D eigenvalue weighted by Gasteiger charge is 2.19. The van der Waals surface area contributed by atoms with E-state index in [-0.39, 0.29) is 5.97 Å². The molecule has 1 aromatic rings. The van der Waals surface area contributed by atoms with Crippen LogP contribution in [0, 0.1) is 0 Å². The van der Waals surface area contributed by atoms with Gasteiger partial charge in [-0.3, -0.25) is 4.21 Å². The number of thiazole rings is 1. The number of nitrogens with zero attached hydrogens (tertiary/aromatic N) is 2. The smallest absolute Gasteiger partial charge is 0.349 e. The summed E-state index contributed by atoms with van der Waals surface area (Å²) >= 11 is 1.31. The van der Waals surface area contributed by atoms with Crippen molar-refractivity contribution in [2.45, 2.75) is 0 Å². The van der Waals surface area contributed by atoms with Crippen LogP contribution in [0.25, 0.3) is 0 Å². The number of hydrogen-bond acceptors (Lipinski definition) is 6. The highest BCUT2D eigenvalue weighted by molar-refractivity contribution is 7.85. The van der Waals surface area contributed by atoms with Crippen LogP contribution in [0.4, 0.5) is 5.13 Å². The number of carbonyl (C=O) groups excluding carboxylic acids is 1. The van der Waals surface area contributed by atoms with Crippen molar-refractivity contribution in [3.05, 3.63) is 11.1 Å². The Morgan fingerprint density at radius 1 is 1.56 bits per heavy atom. The minimum atomic E-state index is -0.695. The summed E-state index contributed by atoms with van der Waals surface area (Å²) in [4.78, 5) is 18.0. The van der Waals surface area contributed by atoms with Crippen molar-refractivity contribution < 1.29 is 13.7 Å². The number of rotatable bonds is 2. The zero-order valence-electron chi connectivity index (χ0n) is 8.84. The molecule has 0 spiro atoms. The van der Waals surface area contributed by atoms with E-state index in [1.54, 1.807) is 0 Å². The van der Waals surface area contributed by atoms with Crippen molar-refractivity contribution in [1.82, 2.24) is 4.98 Å². The molecule has 88 valence electrons. The highest BCUT2D eigenvalue weighted by atomic mass is 32.2. The topological polar surface area (TPSA) is 59.5 Å². The molecule has 0 radical (unpaired) electrons. The fourth-order valence-corrected chi connectivity index (χ4v) is 3.37. The average Bonchev–Trinajstić information content (AvgIpc) is 2.78. The molecule has 0 saturated carbocycles. The maximum Gasteiger partial charge on any atom is 0.349 e. The lowest BCUT2D eigenvalue weighted by Crippen LogP contribution is -2.37. The fourth-order valence-electron chi connectivity index (χ4n) is 1.44. The molecule has 0 N–H and O–H groups in total. The van der Waals surface area contributed by atoms with Crippen molar-refractivity contribution in [3.8, 4) is 0 Å². The molecular weight excluding hydrogens is 248 g/mol. The number of anilines is 1. The molecule has 0 aromatic carbocycles. The number of carbonyl (C=O) groups is 1. The summed E-state index contributed by atoms with van der Waals surface area (Å²) in [7, 11) is 0.658. The van der Waals surface area contributed by atoms with Crippen molar-refractivity contribution in [3.63, 3.8) is 0 Å². The molecule has 0 bridgehead atoms. The molecule has 0 amide bonds. The largest absolute Gasteiger partial charge is 0.465 e. The lowest BCUT2D eigenvalue weighted by atomic mass is 10.5. The van der Waals surface area contributed by atoms with Crippen LogP contribution in [0.3, 0.4) is 0 Å². The number of hydrogen-bond donors (Lipinski definition) is 0. The third kappa shape index (κ3) is 2.41. The van der Waals surface area contributed by atoms with Crippen LogP contribution in [-0.4, -0.2) is 46.9 Å². The normalized spacial score (nSPS) is 17.4. The van der Waals surface area contributed by atoms with Crippen LogP contribution >= 0.6 is 11.3 Å². The van der Waals surface area contributed by atoms with Gasteiger partial charge in [-0.1, -0.05) is 11.3 Å². The van der Waals surface area contributed by atoms with Crippen LogP contribution in [0.1, 0.15) is 9.67 Å². The van der Waals surface area contributed by atoms with Crippen LogP contribution in [0.5, 0.6) is 0 Å². The zero-order valence-corrected chi connectivity index (χ0v) is 10.5. The monoisotopic (exact) mass is 260 g/mol. The van der Waals surface area contributed by atoms with E-state index < -0.39 is 10.8 Å². The van der Waals surface area contributed by atoms with Gasteiger partial charge in [-0.2, -0.15) is 0 Å². The Hall–Kier alpha value is -0.950. The van der Waals surface area contributed by atoms with E-state index in [1.165, 1.54) is 24.6 Å². The first-order valence-electron chi connectivity index (χ1n) is 4.85. The molecular formula is C9H12N2O3S2. The van der Waals surface area contributed by atoms with Gasteiger partial charge in [0, 0.05) is 35.4 Å². The molecule has 1 aliphatic heterocycles. The molecule has 1 aliphatic rings. The standard InChI is InChI=1S/C9H12N2O3S2/c1-14-8(12)7-6-10-9(15-7)11-2-4-16(13)5-3-11/h6H,2-5H2,1H3. The molecule has 2 heterocycles. The predicted molar refractivity (Wildman–Crippen MR) is 63.5 cm³/mol. The summed E-state index contributed by atoms with van der Waals surface area (Å²) in [6.45, 7) is 1.47. The summed E-state index contributed by atoms with van der Waals surface area (Å²) in [5.74, 6) is 0.990. The lowest BCUT2D eigenvalue weighted by Gasteiger charge is -2.25. The Balaban J connectivity index is 2.07. The first-order chi connectivity index (χ1) is 7.70. The number of methoxy groups -OCH3 is 1. The molecule has 0 atom stereocenters. The summed E-state index contributed by atoms with van der Waals surface area (Å²) < 4.78 is 15.8. The minimum absolute atomic E-state index is 0.357. The van der Waals surface area contributed by atoms with Crippen LogP contribution in [0.15, 0.2) is 6.20 Å². The van der Waals surface area contributed by atoms with E-state index in [1.807, 2.05) is 0 Å². The average molecular weight is 260 g/mol.